The first-order chi connectivity index (χ1) is 10.4. The summed E-state index contributed by atoms with van der Waals surface area (Å²) in [6.07, 6.45) is 1.17. The van der Waals surface area contributed by atoms with E-state index in [2.05, 4.69) is 0 Å². The summed E-state index contributed by atoms with van der Waals surface area (Å²) in [7, 11) is 0. The smallest absolute Gasteiger partial charge is 0.326 e. The van der Waals surface area contributed by atoms with Crippen molar-refractivity contribution in [1.82, 2.24) is 4.90 Å². The van der Waals surface area contributed by atoms with Crippen molar-refractivity contribution < 1.29 is 18.7 Å². The molecular weight excluding hydrogens is 325 g/mol. The predicted molar refractivity (Wildman–Crippen MR) is 87.5 cm³/mol. The molecule has 7 heteroatoms. The van der Waals surface area contributed by atoms with Gasteiger partial charge in [0.2, 0.25) is 0 Å². The second kappa shape index (κ2) is 7.02. The van der Waals surface area contributed by atoms with E-state index in [1.54, 1.807) is 32.0 Å². The molecule has 1 fully saturated rings. The van der Waals surface area contributed by atoms with E-state index < -0.39 is 17.7 Å². The number of carbonyl (C=O) groups excluding carboxylic acids is 2. The lowest BCUT2D eigenvalue weighted by molar-refractivity contribution is -0.149. The van der Waals surface area contributed by atoms with Crippen LogP contribution in [0.1, 0.15) is 19.4 Å². The highest BCUT2D eigenvalue weighted by molar-refractivity contribution is 8.26. The lowest BCUT2D eigenvalue weighted by Gasteiger charge is -2.14. The fraction of sp³-hybridized carbons (Fsp3) is 0.267. The van der Waals surface area contributed by atoms with E-state index in [0.29, 0.717) is 5.56 Å². The molecule has 1 amide bonds. The Hall–Kier alpha value is -1.73. The molecule has 1 heterocycles. The molecule has 0 aromatic heterocycles. The van der Waals surface area contributed by atoms with Crippen LogP contribution in [-0.2, 0) is 14.3 Å². The van der Waals surface area contributed by atoms with E-state index in [0.717, 1.165) is 16.7 Å². The van der Waals surface area contributed by atoms with Gasteiger partial charge in [-0.2, -0.15) is 0 Å². The maximum absolute atomic E-state index is 13.6. The van der Waals surface area contributed by atoms with Crippen LogP contribution in [0.25, 0.3) is 6.08 Å². The van der Waals surface area contributed by atoms with E-state index in [9.17, 15) is 14.0 Å². The summed E-state index contributed by atoms with van der Waals surface area (Å²) in [6, 6.07) is 6.12. The molecule has 2 rings (SSSR count). The Labute approximate surface area is 137 Å². The van der Waals surface area contributed by atoms with E-state index in [-0.39, 0.29) is 21.9 Å². The first-order valence-electron chi connectivity index (χ1n) is 6.58. The summed E-state index contributed by atoms with van der Waals surface area (Å²) in [5.41, 5.74) is 0.299. The van der Waals surface area contributed by atoms with Gasteiger partial charge in [0.1, 0.15) is 16.7 Å². The van der Waals surface area contributed by atoms with Gasteiger partial charge in [-0.1, -0.05) is 42.2 Å². The summed E-state index contributed by atoms with van der Waals surface area (Å²) in [5.74, 6) is -1.37. The molecule has 1 aromatic carbocycles. The van der Waals surface area contributed by atoms with Gasteiger partial charge in [0.15, 0.2) is 0 Å². The molecule has 116 valence electrons. The van der Waals surface area contributed by atoms with Crippen molar-refractivity contribution in [2.75, 3.05) is 6.54 Å². The molecule has 1 aromatic rings. The number of thiocarbonyl (C=S) groups is 1. The van der Waals surface area contributed by atoms with Gasteiger partial charge >= 0.3 is 5.97 Å². The van der Waals surface area contributed by atoms with Crippen LogP contribution in [0.2, 0.25) is 0 Å². The van der Waals surface area contributed by atoms with Crippen LogP contribution in [0, 0.1) is 5.82 Å². The lowest BCUT2D eigenvalue weighted by Crippen LogP contribution is -2.35. The first-order valence-corrected chi connectivity index (χ1v) is 7.80. The predicted octanol–water partition coefficient (Wildman–Crippen LogP) is 2.98. The number of benzene rings is 1. The molecule has 22 heavy (non-hydrogen) atoms. The number of hydrogen-bond acceptors (Lipinski definition) is 5. The highest BCUT2D eigenvalue weighted by Crippen LogP contribution is 2.32. The third-order valence-electron chi connectivity index (χ3n) is 2.72. The maximum atomic E-state index is 13.6. The van der Waals surface area contributed by atoms with Crippen molar-refractivity contribution in [3.05, 3.63) is 40.6 Å². The number of ether oxygens (including phenoxy) is 1. The van der Waals surface area contributed by atoms with Gasteiger partial charge in [-0.25, -0.2) is 4.39 Å². The number of amides is 1. The number of esters is 1. The molecule has 0 aliphatic carbocycles. The summed E-state index contributed by atoms with van der Waals surface area (Å²) < 4.78 is 18.9. The van der Waals surface area contributed by atoms with Gasteiger partial charge in [-0.15, -0.1) is 0 Å². The van der Waals surface area contributed by atoms with Gasteiger partial charge in [-0.05, 0) is 26.0 Å². The van der Waals surface area contributed by atoms with Gasteiger partial charge < -0.3 is 4.74 Å². The van der Waals surface area contributed by atoms with Crippen LogP contribution < -0.4 is 0 Å². The van der Waals surface area contributed by atoms with Crippen LogP contribution in [-0.4, -0.2) is 33.7 Å². The zero-order chi connectivity index (χ0) is 16.3. The molecule has 1 aliphatic rings. The topological polar surface area (TPSA) is 46.6 Å². The van der Waals surface area contributed by atoms with Crippen molar-refractivity contribution in [1.29, 1.82) is 0 Å². The third-order valence-corrected chi connectivity index (χ3v) is 4.10. The Morgan fingerprint density at radius 3 is 2.77 bits per heavy atom. The van der Waals surface area contributed by atoms with Crippen LogP contribution in [0.3, 0.4) is 0 Å². The summed E-state index contributed by atoms with van der Waals surface area (Å²) in [5, 5.41) is 0. The van der Waals surface area contributed by atoms with E-state index in [1.807, 2.05) is 0 Å². The minimum atomic E-state index is -0.529. The highest BCUT2D eigenvalue weighted by atomic mass is 32.2. The van der Waals surface area contributed by atoms with E-state index >= 15 is 0 Å². The fourth-order valence-corrected chi connectivity index (χ4v) is 3.04. The van der Waals surface area contributed by atoms with Crippen molar-refractivity contribution >= 4 is 46.3 Å². The average Bonchev–Trinajstić information content (AvgIpc) is 2.68. The molecule has 1 saturated heterocycles. The SMILES string of the molecule is CC(C)OC(=O)CN1C(=O)/C(=C/c2ccccc2F)SC1=S. The fourth-order valence-electron chi connectivity index (χ4n) is 1.80. The molecule has 0 N–H and O–H groups in total. The molecular formula is C15H14FNO3S2. The van der Waals surface area contributed by atoms with Crippen LogP contribution in [0.5, 0.6) is 0 Å². The summed E-state index contributed by atoms with van der Waals surface area (Å²) in [4.78, 5) is 25.4. The van der Waals surface area contributed by atoms with Crippen molar-refractivity contribution in [3.8, 4) is 0 Å². The molecule has 0 unspecified atom stereocenters. The quantitative estimate of drug-likeness (QED) is 0.479. The number of thioether (sulfide) groups is 1. The van der Waals surface area contributed by atoms with Gasteiger partial charge in [-0.3, -0.25) is 14.5 Å². The second-order valence-electron chi connectivity index (χ2n) is 4.83. The Balaban J connectivity index is 2.15. The largest absolute Gasteiger partial charge is 0.462 e. The molecule has 0 spiro atoms. The zero-order valence-corrected chi connectivity index (χ0v) is 13.7. The number of rotatable bonds is 4. The van der Waals surface area contributed by atoms with Crippen molar-refractivity contribution in [3.63, 3.8) is 0 Å². The van der Waals surface area contributed by atoms with Crippen LogP contribution >= 0.6 is 24.0 Å². The van der Waals surface area contributed by atoms with Gasteiger partial charge in [0.25, 0.3) is 5.91 Å². The number of carbonyl (C=O) groups is 2. The number of halogens is 1. The van der Waals surface area contributed by atoms with E-state index in [1.165, 1.54) is 12.1 Å². The monoisotopic (exact) mass is 339 g/mol. The van der Waals surface area contributed by atoms with Crippen molar-refractivity contribution in [2.45, 2.75) is 20.0 Å². The molecule has 0 bridgehead atoms. The Morgan fingerprint density at radius 2 is 2.14 bits per heavy atom. The average molecular weight is 339 g/mol. The maximum Gasteiger partial charge on any atom is 0.326 e. The summed E-state index contributed by atoms with van der Waals surface area (Å²) in [6.45, 7) is 3.21. The highest BCUT2D eigenvalue weighted by Gasteiger charge is 2.34. The molecule has 0 radical (unpaired) electrons. The van der Waals surface area contributed by atoms with Crippen LogP contribution in [0.4, 0.5) is 4.39 Å². The van der Waals surface area contributed by atoms with Crippen LogP contribution in [0.15, 0.2) is 29.2 Å². The number of nitrogens with zero attached hydrogens (tertiary/aromatic N) is 1. The minimum absolute atomic E-state index is 0.239. The van der Waals surface area contributed by atoms with Gasteiger partial charge in [0.05, 0.1) is 11.0 Å². The zero-order valence-electron chi connectivity index (χ0n) is 12.0. The Morgan fingerprint density at radius 1 is 1.45 bits per heavy atom. The van der Waals surface area contributed by atoms with Gasteiger partial charge in [0, 0.05) is 5.56 Å². The Kier molecular flexibility index (Phi) is 5.31. The van der Waals surface area contributed by atoms with E-state index in [4.69, 9.17) is 17.0 Å². The minimum Gasteiger partial charge on any atom is -0.462 e. The lowest BCUT2D eigenvalue weighted by atomic mass is 10.2. The Bertz CT molecular complexity index is 658. The molecule has 0 saturated carbocycles. The number of hydrogen-bond donors (Lipinski definition) is 0. The molecule has 4 nitrogen and oxygen atoms in total. The normalized spacial score (nSPS) is 16.7. The first kappa shape index (κ1) is 16.6. The third kappa shape index (κ3) is 3.92. The second-order valence-corrected chi connectivity index (χ2v) is 6.50. The standard InChI is InChI=1S/C15H14FNO3S2/c1-9(2)20-13(18)8-17-14(19)12(22-15(17)21)7-10-5-3-4-6-11(10)16/h3-7,9H,8H2,1-2H3/b12-7-. The molecule has 0 atom stereocenters. The van der Waals surface area contributed by atoms with Crippen molar-refractivity contribution in [2.24, 2.45) is 0 Å². The summed E-state index contributed by atoms with van der Waals surface area (Å²) >= 11 is 6.14. The molecule has 1 aliphatic heterocycles.